The maximum Gasteiger partial charge on any atom is 0.166 e. The van der Waals surface area contributed by atoms with Crippen LogP contribution in [0, 0.1) is 11.3 Å². The van der Waals surface area contributed by atoms with Crippen molar-refractivity contribution in [1.29, 1.82) is 5.26 Å². The molecule has 0 saturated carbocycles. The lowest BCUT2D eigenvalue weighted by Gasteiger charge is -2.26. The van der Waals surface area contributed by atoms with Crippen LogP contribution in [0.4, 0.5) is 0 Å². The summed E-state index contributed by atoms with van der Waals surface area (Å²) in [5.74, 6) is 3.38. The van der Waals surface area contributed by atoms with Gasteiger partial charge in [-0.15, -0.1) is 0 Å². The zero-order chi connectivity index (χ0) is 51.6. The standard InChI is InChI=1S/C65H62N8/c1-62(2,3)46-32-44(33-47(37-46)63(4,5)6)59-70-60(45-34-48(64(7,8)9)38-49(35-45)65(10,11)12)72-61(71-59)52-31-40(39-66)27-29-55(52)73-53-26-20-19-25-50(53)51-36-43(28-30-54(51)73)58-68-56(41-21-15-13-16-22-41)67-57(69-58)42-23-17-14-18-24-42/h13-38H,1-12H3. The predicted molar refractivity (Wildman–Crippen MR) is 300 cm³/mol. The lowest BCUT2D eigenvalue weighted by atomic mass is 9.79. The molecule has 10 aromatic rings. The highest BCUT2D eigenvalue weighted by Crippen LogP contribution is 2.41. The predicted octanol–water partition coefficient (Wildman–Crippen LogP) is 16.2. The summed E-state index contributed by atoms with van der Waals surface area (Å²) >= 11 is 0. The number of aromatic nitrogens is 7. The number of hydrogen-bond acceptors (Lipinski definition) is 7. The van der Waals surface area contributed by atoms with E-state index < -0.39 is 0 Å². The Morgan fingerprint density at radius 2 is 0.740 bits per heavy atom. The maximum absolute atomic E-state index is 10.6. The van der Waals surface area contributed by atoms with E-state index in [-0.39, 0.29) is 21.7 Å². The van der Waals surface area contributed by atoms with Gasteiger partial charge in [-0.1, -0.05) is 174 Å². The molecule has 0 saturated heterocycles. The van der Waals surface area contributed by atoms with Crippen LogP contribution in [0.5, 0.6) is 0 Å². The lowest BCUT2D eigenvalue weighted by molar-refractivity contribution is 0.568. The van der Waals surface area contributed by atoms with Crippen molar-refractivity contribution in [2.75, 3.05) is 0 Å². The minimum atomic E-state index is -0.139. The van der Waals surface area contributed by atoms with Crippen molar-refractivity contribution >= 4 is 21.8 Å². The van der Waals surface area contributed by atoms with Gasteiger partial charge in [0.2, 0.25) is 0 Å². The van der Waals surface area contributed by atoms with E-state index in [0.717, 1.165) is 55.3 Å². The molecule has 0 aliphatic rings. The molecule has 8 heteroatoms. The summed E-state index contributed by atoms with van der Waals surface area (Å²) in [6.45, 7) is 27.0. The van der Waals surface area contributed by atoms with Crippen LogP contribution in [-0.4, -0.2) is 34.5 Å². The van der Waals surface area contributed by atoms with Crippen LogP contribution in [-0.2, 0) is 21.7 Å². The fourth-order valence-corrected chi connectivity index (χ4v) is 9.29. The molecule has 0 bridgehead atoms. The topological polar surface area (TPSA) is 106 Å². The van der Waals surface area contributed by atoms with E-state index in [9.17, 15) is 5.26 Å². The van der Waals surface area contributed by atoms with Crippen molar-refractivity contribution in [2.45, 2.75) is 105 Å². The Morgan fingerprint density at radius 3 is 1.19 bits per heavy atom. The van der Waals surface area contributed by atoms with Gasteiger partial charge >= 0.3 is 0 Å². The van der Waals surface area contributed by atoms with Gasteiger partial charge in [0, 0.05) is 44.2 Å². The number of nitrogens with zero attached hydrogens (tertiary/aromatic N) is 8. The van der Waals surface area contributed by atoms with Crippen LogP contribution >= 0.6 is 0 Å². The Bertz CT molecular complexity index is 3560. The van der Waals surface area contributed by atoms with Crippen molar-refractivity contribution in [3.63, 3.8) is 0 Å². The minimum absolute atomic E-state index is 0.139. The summed E-state index contributed by atoms with van der Waals surface area (Å²) in [4.78, 5) is 31.4. The van der Waals surface area contributed by atoms with Crippen LogP contribution in [0.25, 0.3) is 95.8 Å². The third-order valence-corrected chi connectivity index (χ3v) is 13.7. The van der Waals surface area contributed by atoms with Crippen molar-refractivity contribution < 1.29 is 0 Å². The molecule has 0 fully saturated rings. The molecular formula is C65H62N8. The normalized spacial score (nSPS) is 12.4. The molecule has 8 nitrogen and oxygen atoms in total. The molecular weight excluding hydrogens is 893 g/mol. The van der Waals surface area contributed by atoms with Crippen LogP contribution in [0.2, 0.25) is 0 Å². The minimum Gasteiger partial charge on any atom is -0.308 e. The molecule has 10 rings (SSSR count). The van der Waals surface area contributed by atoms with Gasteiger partial charge in [0.15, 0.2) is 34.9 Å². The molecule has 3 aromatic heterocycles. The highest BCUT2D eigenvalue weighted by atomic mass is 15.1. The maximum atomic E-state index is 10.6. The van der Waals surface area contributed by atoms with Gasteiger partial charge in [-0.3, -0.25) is 0 Å². The molecule has 0 amide bonds. The van der Waals surface area contributed by atoms with Crippen molar-refractivity contribution in [3.8, 4) is 80.1 Å². The molecule has 0 radical (unpaired) electrons. The Morgan fingerprint density at radius 1 is 0.342 bits per heavy atom. The van der Waals surface area contributed by atoms with Crippen LogP contribution < -0.4 is 0 Å². The monoisotopic (exact) mass is 955 g/mol. The highest BCUT2D eigenvalue weighted by Gasteiger charge is 2.27. The first-order chi connectivity index (χ1) is 34.6. The fourth-order valence-electron chi connectivity index (χ4n) is 9.29. The second-order valence-electron chi connectivity index (χ2n) is 23.4. The highest BCUT2D eigenvalue weighted by molar-refractivity contribution is 6.11. The number of nitriles is 1. The average molecular weight is 955 g/mol. The van der Waals surface area contributed by atoms with Crippen LogP contribution in [0.15, 0.2) is 158 Å². The van der Waals surface area contributed by atoms with Gasteiger partial charge in [0.1, 0.15) is 0 Å². The Kier molecular flexibility index (Phi) is 12.1. The van der Waals surface area contributed by atoms with Crippen LogP contribution in [0.1, 0.15) is 111 Å². The molecule has 362 valence electrons. The van der Waals surface area contributed by atoms with Gasteiger partial charge in [-0.2, -0.15) is 5.26 Å². The third kappa shape index (κ3) is 9.68. The first-order valence-corrected chi connectivity index (χ1v) is 25.2. The molecule has 3 heterocycles. The summed E-state index contributed by atoms with van der Waals surface area (Å²) in [6.07, 6.45) is 0. The lowest BCUT2D eigenvalue weighted by Crippen LogP contribution is -2.17. The fraction of sp³-hybridized carbons (Fsp3) is 0.246. The number of fused-ring (bicyclic) bond motifs is 3. The summed E-state index contributed by atoms with van der Waals surface area (Å²) in [5, 5.41) is 12.6. The Hall–Kier alpha value is -8.15. The smallest absolute Gasteiger partial charge is 0.166 e. The van der Waals surface area contributed by atoms with E-state index in [2.05, 4.69) is 173 Å². The van der Waals surface area contributed by atoms with Crippen molar-refractivity contribution in [2.24, 2.45) is 0 Å². The second kappa shape index (κ2) is 18.2. The van der Waals surface area contributed by atoms with E-state index in [1.807, 2.05) is 78.9 Å². The van der Waals surface area contributed by atoms with Gasteiger partial charge < -0.3 is 4.57 Å². The number of hydrogen-bond donors (Lipinski definition) is 0. The third-order valence-electron chi connectivity index (χ3n) is 13.7. The Labute approximate surface area is 430 Å². The zero-order valence-corrected chi connectivity index (χ0v) is 44.1. The quantitative estimate of drug-likeness (QED) is 0.157. The van der Waals surface area contributed by atoms with Gasteiger partial charge in [0.25, 0.3) is 0 Å². The van der Waals surface area contributed by atoms with E-state index >= 15 is 0 Å². The van der Waals surface area contributed by atoms with E-state index in [1.165, 1.54) is 22.3 Å². The molecule has 0 aliphatic carbocycles. The van der Waals surface area contributed by atoms with E-state index in [4.69, 9.17) is 29.9 Å². The molecule has 0 N–H and O–H groups in total. The first kappa shape index (κ1) is 48.5. The van der Waals surface area contributed by atoms with Gasteiger partial charge in [0.05, 0.1) is 28.4 Å². The molecule has 7 aromatic carbocycles. The first-order valence-electron chi connectivity index (χ1n) is 25.2. The summed E-state index contributed by atoms with van der Waals surface area (Å²) in [7, 11) is 0. The van der Waals surface area contributed by atoms with E-state index in [1.54, 1.807) is 0 Å². The van der Waals surface area contributed by atoms with Crippen molar-refractivity contribution in [3.05, 3.63) is 186 Å². The number of para-hydroxylation sites is 1. The molecule has 0 unspecified atom stereocenters. The summed E-state index contributed by atoms with van der Waals surface area (Å²) < 4.78 is 2.27. The number of benzene rings is 7. The SMILES string of the molecule is CC(C)(C)c1cc(-c2nc(-c3cc(C(C)(C)C)cc(C(C)(C)C)c3)nc(-c3cc(C#N)ccc3-n3c4ccccc4c4cc(-c5nc(-c6ccccc6)nc(-c6ccccc6)n5)ccc43)n2)cc(C(C)(C)C)c1. The molecule has 73 heavy (non-hydrogen) atoms. The van der Waals surface area contributed by atoms with Gasteiger partial charge in [-0.05, 0) is 111 Å². The molecule has 0 spiro atoms. The largest absolute Gasteiger partial charge is 0.308 e. The summed E-state index contributed by atoms with van der Waals surface area (Å²) in [6, 6.07) is 56.8. The Balaban J connectivity index is 1.23. The number of rotatable bonds is 7. The van der Waals surface area contributed by atoms with Crippen LogP contribution in [0.3, 0.4) is 0 Å². The second-order valence-corrected chi connectivity index (χ2v) is 23.4. The van der Waals surface area contributed by atoms with Crippen molar-refractivity contribution in [1.82, 2.24) is 34.5 Å². The molecule has 0 aliphatic heterocycles. The van der Waals surface area contributed by atoms with E-state index in [0.29, 0.717) is 46.1 Å². The molecule has 0 atom stereocenters. The van der Waals surface area contributed by atoms with Gasteiger partial charge in [-0.25, -0.2) is 29.9 Å². The summed E-state index contributed by atoms with van der Waals surface area (Å²) in [5.41, 5.74) is 12.7. The average Bonchev–Trinajstić information content (AvgIpc) is 3.71. The zero-order valence-electron chi connectivity index (χ0n) is 44.1.